The summed E-state index contributed by atoms with van der Waals surface area (Å²) in [5.41, 5.74) is 29.5. The van der Waals surface area contributed by atoms with Crippen molar-refractivity contribution in [2.24, 2.45) is 0 Å². The van der Waals surface area contributed by atoms with Gasteiger partial charge in [-0.2, -0.15) is 0 Å². The Morgan fingerprint density at radius 1 is 0.149 bits per heavy atom. The van der Waals surface area contributed by atoms with Crippen LogP contribution in [0.15, 0.2) is 462 Å². The van der Waals surface area contributed by atoms with E-state index in [1.165, 1.54) is 154 Å². The number of hydrogen-bond donors (Lipinski definition) is 0. The molecule has 0 aliphatic heterocycles. The summed E-state index contributed by atoms with van der Waals surface area (Å²) >= 11 is 0. The monoisotopic (exact) mass is 1540 g/mol. The first kappa shape index (κ1) is 70.7. The van der Waals surface area contributed by atoms with Gasteiger partial charge in [0.15, 0.2) is 0 Å². The van der Waals surface area contributed by atoms with E-state index < -0.39 is 0 Å². The van der Waals surface area contributed by atoms with Gasteiger partial charge in [0.2, 0.25) is 0 Å². The molecule has 0 spiro atoms. The Morgan fingerprint density at radius 2 is 0.463 bits per heavy atom. The molecule has 3 nitrogen and oxygen atoms in total. The summed E-state index contributed by atoms with van der Waals surface area (Å²) < 4.78 is 19.7. The Kier molecular flexibility index (Phi) is 17.4. The molecule has 0 amide bonds. The molecule has 24 rings (SSSR count). The molecule has 0 saturated carbocycles. The Labute approximate surface area is 700 Å². The predicted octanol–water partition coefficient (Wildman–Crippen LogP) is 32.9. The van der Waals surface area contributed by atoms with Crippen molar-refractivity contribution in [1.82, 2.24) is 0 Å². The molecule has 566 valence electrons. The highest BCUT2D eigenvalue weighted by Crippen LogP contribution is 2.48. The molecule has 0 fully saturated rings. The van der Waals surface area contributed by atoms with E-state index in [4.69, 9.17) is 13.3 Å². The zero-order chi connectivity index (χ0) is 79.9. The van der Waals surface area contributed by atoms with Crippen LogP contribution in [0.3, 0.4) is 0 Å². The number of furan rings is 3. The Bertz CT molecular complexity index is 7920. The quantitative estimate of drug-likeness (QED) is 0.108. The molecule has 3 aromatic heterocycles. The highest BCUT2D eigenvalue weighted by molar-refractivity contribution is 6.29. The molecule has 24 aromatic rings. The number of fused-ring (bicyclic) bond motifs is 18. The van der Waals surface area contributed by atoms with Crippen LogP contribution < -0.4 is 0 Å². The molecule has 0 aliphatic carbocycles. The Morgan fingerprint density at radius 3 is 0.975 bits per heavy atom. The molecular formula is C118H76O3. The normalized spacial score (nSPS) is 12.0. The SMILES string of the molecule is c1ccc(-c2ccc(-c3ccc(C(c4cccc(-c5cc6ccccc6c6c5oc5ccc7ccccc7c56)c4)c4cccc5ccccc45)cc3)cc2)cc1.c1ccc(-c2cccc(-c3ccc(C(c4cccc(-c5ccc6oc7ccc8ccccc8c7c6c5)c4)c4cccc(-c5ccc6oc7ccc8ccccc8c7c6c5)c4)cc3)c2)cc1. The summed E-state index contributed by atoms with van der Waals surface area (Å²) in [6.07, 6.45) is 0. The van der Waals surface area contributed by atoms with E-state index in [9.17, 15) is 0 Å². The highest BCUT2D eigenvalue weighted by Gasteiger charge is 2.26. The zero-order valence-corrected chi connectivity index (χ0v) is 66.1. The van der Waals surface area contributed by atoms with E-state index >= 15 is 0 Å². The lowest BCUT2D eigenvalue weighted by molar-refractivity contribution is 0.669. The second-order valence-electron chi connectivity index (χ2n) is 32.0. The first-order valence-electron chi connectivity index (χ1n) is 41.7. The van der Waals surface area contributed by atoms with E-state index in [1.54, 1.807) is 0 Å². The van der Waals surface area contributed by atoms with Gasteiger partial charge < -0.3 is 13.3 Å². The number of rotatable bonds is 13. The summed E-state index contributed by atoms with van der Waals surface area (Å²) in [4.78, 5) is 0. The lowest BCUT2D eigenvalue weighted by Crippen LogP contribution is -2.04. The summed E-state index contributed by atoms with van der Waals surface area (Å²) in [6, 6.07) is 163. The van der Waals surface area contributed by atoms with Gasteiger partial charge in [-0.1, -0.05) is 394 Å². The van der Waals surface area contributed by atoms with Gasteiger partial charge in [0.05, 0.1) is 0 Å². The number of benzene rings is 21. The fraction of sp³-hybridized carbons (Fsp3) is 0.0169. The fourth-order valence-electron chi connectivity index (χ4n) is 19.1. The van der Waals surface area contributed by atoms with E-state index in [0.29, 0.717) is 0 Å². The van der Waals surface area contributed by atoms with Gasteiger partial charge in [0.25, 0.3) is 0 Å². The minimum atomic E-state index is -0.0375. The molecule has 0 bridgehead atoms. The van der Waals surface area contributed by atoms with Crippen molar-refractivity contribution in [3.63, 3.8) is 0 Å². The first-order chi connectivity index (χ1) is 59.9. The Hall–Kier alpha value is -15.7. The van der Waals surface area contributed by atoms with E-state index in [1.807, 2.05) is 0 Å². The molecule has 121 heavy (non-hydrogen) atoms. The molecular weight excluding hydrogens is 1470 g/mol. The van der Waals surface area contributed by atoms with E-state index in [0.717, 1.165) is 77.3 Å². The molecule has 1 atom stereocenters. The van der Waals surface area contributed by atoms with Crippen molar-refractivity contribution in [3.05, 3.63) is 482 Å². The van der Waals surface area contributed by atoms with Crippen LogP contribution in [0.2, 0.25) is 0 Å². The topological polar surface area (TPSA) is 39.4 Å². The van der Waals surface area contributed by atoms with Gasteiger partial charge in [-0.3, -0.25) is 0 Å². The van der Waals surface area contributed by atoms with Crippen LogP contribution in [0.25, 0.3) is 198 Å². The van der Waals surface area contributed by atoms with Crippen molar-refractivity contribution in [1.29, 1.82) is 0 Å². The van der Waals surface area contributed by atoms with Crippen LogP contribution in [-0.2, 0) is 0 Å². The summed E-state index contributed by atoms with van der Waals surface area (Å²) in [6.45, 7) is 0. The van der Waals surface area contributed by atoms with E-state index in [2.05, 4.69) is 449 Å². The molecule has 0 saturated heterocycles. The molecule has 3 heterocycles. The molecule has 3 heteroatoms. The Balaban J connectivity index is 0.000000142. The second-order valence-corrected chi connectivity index (χ2v) is 32.0. The minimum absolute atomic E-state index is 0.00567. The van der Waals surface area contributed by atoms with Crippen molar-refractivity contribution in [2.75, 3.05) is 0 Å². The van der Waals surface area contributed by atoms with Crippen LogP contribution in [-0.4, -0.2) is 0 Å². The van der Waals surface area contributed by atoms with Crippen LogP contribution >= 0.6 is 0 Å². The van der Waals surface area contributed by atoms with Crippen LogP contribution in [0.5, 0.6) is 0 Å². The minimum Gasteiger partial charge on any atom is -0.456 e. The largest absolute Gasteiger partial charge is 0.456 e. The maximum absolute atomic E-state index is 6.87. The molecule has 21 aromatic carbocycles. The average Bonchev–Trinajstić information content (AvgIpc) is 1.59. The number of hydrogen-bond acceptors (Lipinski definition) is 3. The van der Waals surface area contributed by atoms with Crippen LogP contribution in [0, 0.1) is 0 Å². The van der Waals surface area contributed by atoms with Gasteiger partial charge >= 0.3 is 0 Å². The molecule has 0 radical (unpaired) electrons. The summed E-state index contributed by atoms with van der Waals surface area (Å²) in [7, 11) is 0. The summed E-state index contributed by atoms with van der Waals surface area (Å²) in [5, 5.41) is 19.1. The van der Waals surface area contributed by atoms with Crippen molar-refractivity contribution in [2.45, 2.75) is 11.8 Å². The molecule has 0 aliphatic rings. The maximum atomic E-state index is 6.87. The third kappa shape index (κ3) is 12.8. The van der Waals surface area contributed by atoms with Crippen molar-refractivity contribution >= 4 is 120 Å². The van der Waals surface area contributed by atoms with Gasteiger partial charge in [-0.05, 0) is 214 Å². The maximum Gasteiger partial charge on any atom is 0.143 e. The van der Waals surface area contributed by atoms with E-state index in [-0.39, 0.29) is 11.8 Å². The smallest absolute Gasteiger partial charge is 0.143 e. The standard InChI is InChI=1S/C63H40O2.C55H36O/c1-2-11-40(12-3-1)45-15-8-16-46(35-45)41-23-25-44(26-24-41)61(51-19-9-17-47(36-51)49-29-31-57-55(38-49)62-53-21-6-4-13-42(53)27-33-59(62)64-57)52-20-10-18-48(37-52)50-30-32-58-56(39-50)63-54-22-7-5-14-43(54)28-34-60(63)65-58;1-2-12-36(13-3-1)37-24-26-38(27-25-37)39-28-30-42(31-29-39)52(49-23-11-17-40-14-4-7-20-46(40)49)45-19-10-18-43(34-45)50-35-44-16-6-9-22-48(44)54-53-47-21-8-5-15-41(47)32-33-51(53)56-55(50)54/h1-39,61H;1-35,52H. The first-order valence-corrected chi connectivity index (χ1v) is 41.7. The van der Waals surface area contributed by atoms with Crippen molar-refractivity contribution in [3.8, 4) is 77.9 Å². The molecule has 0 N–H and O–H groups in total. The summed E-state index contributed by atoms with van der Waals surface area (Å²) in [5.74, 6) is -0.0319. The third-order valence-electron chi connectivity index (χ3n) is 25.0. The molecule has 1 unspecified atom stereocenters. The fourth-order valence-corrected chi connectivity index (χ4v) is 19.1. The van der Waals surface area contributed by atoms with Crippen molar-refractivity contribution < 1.29 is 13.3 Å². The third-order valence-corrected chi connectivity index (χ3v) is 25.0. The van der Waals surface area contributed by atoms with Crippen LogP contribution in [0.1, 0.15) is 45.2 Å². The van der Waals surface area contributed by atoms with Crippen LogP contribution in [0.4, 0.5) is 0 Å². The zero-order valence-electron chi connectivity index (χ0n) is 66.1. The lowest BCUT2D eigenvalue weighted by Gasteiger charge is -2.22. The van der Waals surface area contributed by atoms with Gasteiger partial charge in [0.1, 0.15) is 33.5 Å². The lowest BCUT2D eigenvalue weighted by atomic mass is 9.81. The van der Waals surface area contributed by atoms with Gasteiger partial charge in [0, 0.05) is 49.7 Å². The van der Waals surface area contributed by atoms with Gasteiger partial charge in [-0.25, -0.2) is 0 Å². The average molecular weight is 1540 g/mol. The second kappa shape index (κ2) is 29.8. The predicted molar refractivity (Wildman–Crippen MR) is 508 cm³/mol. The highest BCUT2D eigenvalue weighted by atomic mass is 16.3. The van der Waals surface area contributed by atoms with Gasteiger partial charge in [-0.15, -0.1) is 0 Å².